The number of carbonyl (C=O) groups excluding carboxylic acids is 2. The van der Waals surface area contributed by atoms with Gasteiger partial charge in [0.15, 0.2) is 0 Å². The Morgan fingerprint density at radius 1 is 1.28 bits per heavy atom. The highest BCUT2D eigenvalue weighted by atomic mass is 16.2. The third-order valence-electron chi connectivity index (χ3n) is 4.69. The van der Waals surface area contributed by atoms with Crippen molar-refractivity contribution >= 4 is 23.2 Å². The predicted molar refractivity (Wildman–Crippen MR) is 98.8 cm³/mol. The highest BCUT2D eigenvalue weighted by molar-refractivity contribution is 6.01. The van der Waals surface area contributed by atoms with E-state index in [2.05, 4.69) is 10.3 Å². The number of aryl methyl sites for hydroxylation is 1. The van der Waals surface area contributed by atoms with E-state index < -0.39 is 0 Å². The van der Waals surface area contributed by atoms with Gasteiger partial charge in [0.05, 0.1) is 11.6 Å². The number of rotatable bonds is 3. The first kappa shape index (κ1) is 17.1. The van der Waals surface area contributed by atoms with Crippen LogP contribution in [0.4, 0.5) is 11.4 Å². The van der Waals surface area contributed by atoms with Crippen LogP contribution < -0.4 is 10.2 Å². The Hall–Kier alpha value is -2.69. The minimum absolute atomic E-state index is 0.0667. The van der Waals surface area contributed by atoms with Gasteiger partial charge in [0.1, 0.15) is 0 Å². The van der Waals surface area contributed by atoms with E-state index in [-0.39, 0.29) is 17.7 Å². The van der Waals surface area contributed by atoms with Crippen molar-refractivity contribution in [2.24, 2.45) is 0 Å². The van der Waals surface area contributed by atoms with Crippen LogP contribution in [0.2, 0.25) is 0 Å². The second kappa shape index (κ2) is 7.05. The quantitative estimate of drug-likeness (QED) is 0.933. The topological polar surface area (TPSA) is 62.3 Å². The van der Waals surface area contributed by atoms with Crippen LogP contribution >= 0.6 is 0 Å². The summed E-state index contributed by atoms with van der Waals surface area (Å²) in [7, 11) is 0. The summed E-state index contributed by atoms with van der Waals surface area (Å²) in [5, 5.41) is 2.89. The molecule has 1 aromatic heterocycles. The molecule has 25 heavy (non-hydrogen) atoms. The lowest BCUT2D eigenvalue weighted by atomic mass is 9.93. The third-order valence-corrected chi connectivity index (χ3v) is 4.69. The third kappa shape index (κ3) is 3.40. The maximum atomic E-state index is 13.2. The van der Waals surface area contributed by atoms with Gasteiger partial charge in [-0.1, -0.05) is 12.1 Å². The molecular formula is C20H23N3O2. The summed E-state index contributed by atoms with van der Waals surface area (Å²) in [6.45, 7) is 6.13. The molecule has 0 radical (unpaired) electrons. The number of fused-ring (bicyclic) bond motifs is 1. The van der Waals surface area contributed by atoms with E-state index in [9.17, 15) is 9.59 Å². The molecule has 3 rings (SSSR count). The average Bonchev–Trinajstić information content (AvgIpc) is 2.63. The van der Waals surface area contributed by atoms with Crippen LogP contribution in [0.3, 0.4) is 0 Å². The van der Waals surface area contributed by atoms with Crippen molar-refractivity contribution in [2.45, 2.75) is 39.5 Å². The molecular weight excluding hydrogens is 314 g/mol. The fourth-order valence-electron chi connectivity index (χ4n) is 3.44. The normalized spacial score (nSPS) is 14.6. The maximum Gasteiger partial charge on any atom is 0.234 e. The van der Waals surface area contributed by atoms with Gasteiger partial charge in [-0.3, -0.25) is 14.6 Å². The fraction of sp³-hybridized carbons (Fsp3) is 0.350. The van der Waals surface area contributed by atoms with Crippen molar-refractivity contribution in [3.8, 4) is 0 Å². The summed E-state index contributed by atoms with van der Waals surface area (Å²) in [6, 6.07) is 7.67. The largest absolute Gasteiger partial charge is 0.326 e. The van der Waals surface area contributed by atoms with E-state index >= 15 is 0 Å². The number of carbonyl (C=O) groups is 2. The van der Waals surface area contributed by atoms with Gasteiger partial charge in [0, 0.05) is 31.5 Å². The fourth-order valence-corrected chi connectivity index (χ4v) is 3.44. The lowest BCUT2D eigenvalue weighted by Crippen LogP contribution is -2.39. The molecule has 2 aromatic rings. The Bertz CT molecular complexity index is 802. The molecule has 0 spiro atoms. The lowest BCUT2D eigenvalue weighted by Gasteiger charge is -2.34. The summed E-state index contributed by atoms with van der Waals surface area (Å²) in [5.41, 5.74) is 4.76. The van der Waals surface area contributed by atoms with Crippen LogP contribution in [-0.4, -0.2) is 23.3 Å². The molecule has 0 fully saturated rings. The van der Waals surface area contributed by atoms with Crippen molar-refractivity contribution in [1.82, 2.24) is 4.98 Å². The van der Waals surface area contributed by atoms with E-state index in [1.54, 1.807) is 12.4 Å². The minimum atomic E-state index is -0.261. The Morgan fingerprint density at radius 2 is 2.08 bits per heavy atom. The van der Waals surface area contributed by atoms with E-state index in [4.69, 9.17) is 0 Å². The van der Waals surface area contributed by atoms with E-state index in [1.807, 2.05) is 43.0 Å². The molecule has 1 aromatic carbocycles. The smallest absolute Gasteiger partial charge is 0.234 e. The first-order valence-corrected chi connectivity index (χ1v) is 8.60. The zero-order valence-corrected chi connectivity index (χ0v) is 14.9. The monoisotopic (exact) mass is 337 g/mol. The van der Waals surface area contributed by atoms with Crippen molar-refractivity contribution < 1.29 is 9.59 Å². The molecule has 0 saturated carbocycles. The van der Waals surface area contributed by atoms with Gasteiger partial charge >= 0.3 is 0 Å². The van der Waals surface area contributed by atoms with Gasteiger partial charge in [-0.2, -0.15) is 0 Å². The second-order valence-corrected chi connectivity index (χ2v) is 6.54. The van der Waals surface area contributed by atoms with Crippen LogP contribution in [0.1, 0.15) is 42.9 Å². The van der Waals surface area contributed by atoms with Crippen molar-refractivity contribution in [3.63, 3.8) is 0 Å². The van der Waals surface area contributed by atoms with Gasteiger partial charge in [-0.05, 0) is 55.5 Å². The molecule has 5 nitrogen and oxygen atoms in total. The molecule has 5 heteroatoms. The highest BCUT2D eigenvalue weighted by Crippen LogP contribution is 2.37. The number of hydrogen-bond donors (Lipinski definition) is 1. The van der Waals surface area contributed by atoms with E-state index in [0.29, 0.717) is 6.54 Å². The molecule has 0 saturated heterocycles. The van der Waals surface area contributed by atoms with Crippen LogP contribution in [-0.2, 0) is 16.0 Å². The number of amides is 2. The summed E-state index contributed by atoms with van der Waals surface area (Å²) in [6.07, 6.45) is 5.20. The summed E-state index contributed by atoms with van der Waals surface area (Å²) >= 11 is 0. The van der Waals surface area contributed by atoms with E-state index in [0.717, 1.165) is 40.9 Å². The molecule has 2 heterocycles. The zero-order valence-electron chi connectivity index (χ0n) is 14.9. The first-order chi connectivity index (χ1) is 12.0. The van der Waals surface area contributed by atoms with E-state index in [1.165, 1.54) is 6.92 Å². The van der Waals surface area contributed by atoms with Gasteiger partial charge in [-0.25, -0.2) is 0 Å². The number of nitrogens with one attached hydrogen (secondary N) is 1. The molecule has 2 amide bonds. The summed E-state index contributed by atoms with van der Waals surface area (Å²) in [5.74, 6) is -0.293. The van der Waals surface area contributed by atoms with Gasteiger partial charge in [-0.15, -0.1) is 0 Å². The number of benzene rings is 1. The molecule has 0 unspecified atom stereocenters. The second-order valence-electron chi connectivity index (χ2n) is 6.54. The number of hydrogen-bond acceptors (Lipinski definition) is 3. The molecule has 0 bridgehead atoms. The molecule has 1 aliphatic rings. The van der Waals surface area contributed by atoms with Crippen LogP contribution in [0.5, 0.6) is 0 Å². The molecule has 1 N–H and O–H groups in total. The first-order valence-electron chi connectivity index (χ1n) is 8.60. The van der Waals surface area contributed by atoms with Crippen LogP contribution in [0.15, 0.2) is 36.7 Å². The van der Waals surface area contributed by atoms with Crippen molar-refractivity contribution in [2.75, 3.05) is 16.8 Å². The predicted octanol–water partition coefficient (Wildman–Crippen LogP) is 3.43. The molecule has 1 atom stereocenters. The summed E-state index contributed by atoms with van der Waals surface area (Å²) < 4.78 is 0. The van der Waals surface area contributed by atoms with Gasteiger partial charge < -0.3 is 10.2 Å². The summed E-state index contributed by atoms with van der Waals surface area (Å²) in [4.78, 5) is 30.6. The van der Waals surface area contributed by atoms with Crippen molar-refractivity contribution in [1.29, 1.82) is 0 Å². The number of nitrogens with zero attached hydrogens (tertiary/aromatic N) is 2. The minimum Gasteiger partial charge on any atom is -0.326 e. The van der Waals surface area contributed by atoms with Crippen molar-refractivity contribution in [3.05, 3.63) is 53.3 Å². The molecule has 130 valence electrons. The van der Waals surface area contributed by atoms with Gasteiger partial charge in [0.25, 0.3) is 0 Å². The number of aromatic nitrogens is 1. The molecule has 0 aliphatic carbocycles. The Balaban J connectivity index is 1.98. The highest BCUT2D eigenvalue weighted by Gasteiger charge is 2.29. The average molecular weight is 337 g/mol. The number of pyridine rings is 1. The SMILES string of the molecule is CC(=O)Nc1ccc(C)c2c1CCCN2C(=O)[C@@H](C)c1cccnc1. The maximum absolute atomic E-state index is 13.2. The lowest BCUT2D eigenvalue weighted by molar-refractivity contribution is -0.119. The Morgan fingerprint density at radius 3 is 2.76 bits per heavy atom. The van der Waals surface area contributed by atoms with Crippen LogP contribution in [0.25, 0.3) is 0 Å². The zero-order chi connectivity index (χ0) is 18.0. The standard InChI is InChI=1S/C20H23N3O2/c1-13-8-9-18(22-15(3)24)17-7-5-11-23(19(13)17)20(25)14(2)16-6-4-10-21-12-16/h4,6,8-10,12,14H,5,7,11H2,1-3H3,(H,22,24)/t14-/m0/s1. The van der Waals surface area contributed by atoms with Gasteiger partial charge in [0.2, 0.25) is 11.8 Å². The van der Waals surface area contributed by atoms with Crippen LogP contribution in [0, 0.1) is 6.92 Å². The number of anilines is 2. The molecule has 1 aliphatic heterocycles. The Kier molecular flexibility index (Phi) is 4.83. The Labute approximate surface area is 148 Å².